The maximum Gasteiger partial charge on any atom is 0.310 e. The van der Waals surface area contributed by atoms with Gasteiger partial charge in [0, 0.05) is 10.0 Å². The lowest BCUT2D eigenvalue weighted by Gasteiger charge is -2.20. The molecule has 19 heavy (non-hydrogen) atoms. The van der Waals surface area contributed by atoms with Gasteiger partial charge in [-0.3, -0.25) is 9.59 Å². The molecule has 0 fully saturated rings. The van der Waals surface area contributed by atoms with E-state index in [1.54, 1.807) is 0 Å². The predicted molar refractivity (Wildman–Crippen MR) is 76.7 cm³/mol. The normalized spacial score (nSPS) is 10.9. The van der Waals surface area contributed by atoms with Gasteiger partial charge in [0.15, 0.2) is 6.61 Å². The topological polar surface area (TPSA) is 55.4 Å². The first kappa shape index (κ1) is 15.7. The highest BCUT2D eigenvalue weighted by atomic mass is 79.9. The molecule has 0 unspecified atom stereocenters. The number of hydrogen-bond donors (Lipinski definition) is 1. The summed E-state index contributed by atoms with van der Waals surface area (Å²) in [5.41, 5.74) is 0.527. The van der Waals surface area contributed by atoms with E-state index in [9.17, 15) is 9.59 Å². The third-order valence-electron chi connectivity index (χ3n) is 2.14. The van der Waals surface area contributed by atoms with E-state index in [4.69, 9.17) is 4.74 Å². The number of halogens is 1. The van der Waals surface area contributed by atoms with Crippen molar-refractivity contribution in [1.82, 2.24) is 5.32 Å². The Morgan fingerprint density at radius 2 is 1.79 bits per heavy atom. The van der Waals surface area contributed by atoms with E-state index < -0.39 is 5.97 Å². The van der Waals surface area contributed by atoms with Crippen LogP contribution in [-0.2, 0) is 20.7 Å². The third-order valence-corrected chi connectivity index (χ3v) is 2.67. The zero-order chi connectivity index (χ0) is 14.5. The summed E-state index contributed by atoms with van der Waals surface area (Å²) < 4.78 is 5.87. The highest BCUT2D eigenvalue weighted by molar-refractivity contribution is 9.10. The number of hydrogen-bond acceptors (Lipinski definition) is 3. The van der Waals surface area contributed by atoms with Crippen LogP contribution in [0.5, 0.6) is 0 Å². The third kappa shape index (κ3) is 6.96. The Kier molecular flexibility index (Phi) is 5.54. The Bertz CT molecular complexity index is 449. The summed E-state index contributed by atoms with van der Waals surface area (Å²) in [7, 11) is 0. The highest BCUT2D eigenvalue weighted by Crippen LogP contribution is 2.11. The van der Waals surface area contributed by atoms with Crippen LogP contribution in [0.4, 0.5) is 0 Å². The lowest BCUT2D eigenvalue weighted by atomic mass is 10.1. The molecule has 4 nitrogen and oxygen atoms in total. The lowest BCUT2D eigenvalue weighted by molar-refractivity contribution is -0.148. The number of carbonyl (C=O) groups is 2. The Labute approximate surface area is 121 Å². The summed E-state index contributed by atoms with van der Waals surface area (Å²) in [4.78, 5) is 23.0. The number of nitrogens with one attached hydrogen (secondary N) is 1. The molecule has 0 aromatic heterocycles. The van der Waals surface area contributed by atoms with E-state index in [0.717, 1.165) is 10.0 Å². The lowest BCUT2D eigenvalue weighted by Crippen LogP contribution is -2.42. The maximum atomic E-state index is 11.6. The van der Waals surface area contributed by atoms with E-state index in [1.807, 2.05) is 45.0 Å². The molecule has 1 amide bonds. The molecule has 0 aliphatic carbocycles. The molecule has 0 spiro atoms. The molecule has 1 N–H and O–H groups in total. The van der Waals surface area contributed by atoms with Crippen molar-refractivity contribution in [1.29, 1.82) is 0 Å². The van der Waals surface area contributed by atoms with Crippen molar-refractivity contribution in [3.8, 4) is 0 Å². The second-order valence-electron chi connectivity index (χ2n) is 5.26. The molecule has 0 saturated carbocycles. The molecular weight excluding hydrogens is 310 g/mol. The molecule has 0 aliphatic heterocycles. The molecule has 0 aliphatic rings. The summed E-state index contributed by atoms with van der Waals surface area (Å²) in [6.07, 6.45) is 0.163. The summed E-state index contributed by atoms with van der Waals surface area (Å²) in [5.74, 6) is -0.706. The average molecular weight is 328 g/mol. The molecular formula is C14H18BrNO3. The fraction of sp³-hybridized carbons (Fsp3) is 0.429. The van der Waals surface area contributed by atoms with E-state index in [1.165, 1.54) is 0 Å². The van der Waals surface area contributed by atoms with E-state index >= 15 is 0 Å². The molecule has 1 rings (SSSR count). The Morgan fingerprint density at radius 3 is 2.32 bits per heavy atom. The summed E-state index contributed by atoms with van der Waals surface area (Å²) in [6, 6.07) is 7.38. The number of rotatable bonds is 4. The molecule has 0 bridgehead atoms. The number of carbonyl (C=O) groups excluding carboxylic acids is 2. The van der Waals surface area contributed by atoms with Crippen LogP contribution in [0.2, 0.25) is 0 Å². The van der Waals surface area contributed by atoms with Crippen molar-refractivity contribution in [3.63, 3.8) is 0 Å². The minimum Gasteiger partial charge on any atom is -0.455 e. The van der Waals surface area contributed by atoms with Crippen molar-refractivity contribution in [2.75, 3.05) is 6.61 Å². The van der Waals surface area contributed by atoms with Gasteiger partial charge in [0.25, 0.3) is 5.91 Å². The van der Waals surface area contributed by atoms with Gasteiger partial charge in [0.1, 0.15) is 0 Å². The summed E-state index contributed by atoms with van der Waals surface area (Å²) in [6.45, 7) is 5.37. The maximum absolute atomic E-state index is 11.6. The van der Waals surface area contributed by atoms with Crippen molar-refractivity contribution in [2.24, 2.45) is 0 Å². The van der Waals surface area contributed by atoms with Crippen LogP contribution < -0.4 is 5.32 Å². The van der Waals surface area contributed by atoms with Crippen LogP contribution in [-0.4, -0.2) is 24.0 Å². The molecule has 104 valence electrons. The fourth-order valence-electron chi connectivity index (χ4n) is 1.42. The average Bonchev–Trinajstić information content (AvgIpc) is 2.27. The molecule has 5 heteroatoms. The number of benzene rings is 1. The van der Waals surface area contributed by atoms with Crippen LogP contribution in [0, 0.1) is 0 Å². The first-order valence-electron chi connectivity index (χ1n) is 5.97. The highest BCUT2D eigenvalue weighted by Gasteiger charge is 2.15. The molecule has 0 heterocycles. The smallest absolute Gasteiger partial charge is 0.310 e. The zero-order valence-corrected chi connectivity index (χ0v) is 12.9. The molecule has 0 atom stereocenters. The monoisotopic (exact) mass is 327 g/mol. The van der Waals surface area contributed by atoms with Gasteiger partial charge in [0.2, 0.25) is 0 Å². The molecule has 0 saturated heterocycles. The number of ether oxygens (including phenoxy) is 1. The second-order valence-corrected chi connectivity index (χ2v) is 6.18. The predicted octanol–water partition coefficient (Wildman–Crippen LogP) is 2.45. The SMILES string of the molecule is CC(C)(C)NC(=O)COC(=O)Cc1ccc(Br)cc1. The Balaban J connectivity index is 2.36. The largest absolute Gasteiger partial charge is 0.455 e. The van der Waals surface area contributed by atoms with Gasteiger partial charge in [0.05, 0.1) is 6.42 Å². The molecule has 1 aromatic carbocycles. The molecule has 1 aromatic rings. The van der Waals surface area contributed by atoms with Crippen LogP contribution in [0.15, 0.2) is 28.7 Å². The van der Waals surface area contributed by atoms with Crippen molar-refractivity contribution in [3.05, 3.63) is 34.3 Å². The van der Waals surface area contributed by atoms with Crippen molar-refractivity contribution in [2.45, 2.75) is 32.7 Å². The van der Waals surface area contributed by atoms with E-state index in [0.29, 0.717) is 0 Å². The Hall–Kier alpha value is -1.36. The van der Waals surface area contributed by atoms with Gasteiger partial charge in [-0.05, 0) is 38.5 Å². The quantitative estimate of drug-likeness (QED) is 0.864. The van der Waals surface area contributed by atoms with Gasteiger partial charge in [-0.1, -0.05) is 28.1 Å². The first-order valence-corrected chi connectivity index (χ1v) is 6.77. The second kappa shape index (κ2) is 6.70. The fourth-order valence-corrected chi connectivity index (χ4v) is 1.68. The minimum absolute atomic E-state index is 0.163. The van der Waals surface area contributed by atoms with Crippen molar-refractivity contribution >= 4 is 27.8 Å². The standard InChI is InChI=1S/C14H18BrNO3/c1-14(2,3)16-12(17)9-19-13(18)8-10-4-6-11(15)7-5-10/h4-7H,8-9H2,1-3H3,(H,16,17). The van der Waals surface area contributed by atoms with Crippen LogP contribution in [0.1, 0.15) is 26.3 Å². The van der Waals surface area contributed by atoms with Gasteiger partial charge >= 0.3 is 5.97 Å². The van der Waals surface area contributed by atoms with Gasteiger partial charge in [-0.2, -0.15) is 0 Å². The van der Waals surface area contributed by atoms with Gasteiger partial charge in [-0.25, -0.2) is 0 Å². The number of amides is 1. The Morgan fingerprint density at radius 1 is 1.21 bits per heavy atom. The molecule has 0 radical (unpaired) electrons. The van der Waals surface area contributed by atoms with Gasteiger partial charge in [-0.15, -0.1) is 0 Å². The van der Waals surface area contributed by atoms with Gasteiger partial charge < -0.3 is 10.1 Å². The van der Waals surface area contributed by atoms with E-state index in [-0.39, 0.29) is 24.5 Å². The minimum atomic E-state index is -0.411. The number of esters is 1. The zero-order valence-electron chi connectivity index (χ0n) is 11.3. The first-order chi connectivity index (χ1) is 8.76. The summed E-state index contributed by atoms with van der Waals surface area (Å²) in [5, 5.41) is 2.72. The van der Waals surface area contributed by atoms with Crippen LogP contribution >= 0.6 is 15.9 Å². The van der Waals surface area contributed by atoms with E-state index in [2.05, 4.69) is 21.2 Å². The van der Waals surface area contributed by atoms with Crippen molar-refractivity contribution < 1.29 is 14.3 Å². The van der Waals surface area contributed by atoms with Crippen LogP contribution in [0.3, 0.4) is 0 Å². The summed E-state index contributed by atoms with van der Waals surface area (Å²) >= 11 is 3.32. The van der Waals surface area contributed by atoms with Crippen LogP contribution in [0.25, 0.3) is 0 Å².